The summed E-state index contributed by atoms with van der Waals surface area (Å²) in [5, 5.41) is 30.8. The quantitative estimate of drug-likeness (QED) is 0.304. The summed E-state index contributed by atoms with van der Waals surface area (Å²) in [5.74, 6) is 2.93. The predicted octanol–water partition coefficient (Wildman–Crippen LogP) is 3.81. The van der Waals surface area contributed by atoms with Gasteiger partial charge in [0, 0.05) is 29.9 Å². The number of pyridine rings is 3. The Hall–Kier alpha value is -4.20. The molecule has 0 aromatic carbocycles. The summed E-state index contributed by atoms with van der Waals surface area (Å²) in [6.45, 7) is 3.19. The second kappa shape index (κ2) is 10.3. The average Bonchev–Trinajstić information content (AvgIpc) is 2.89. The molecule has 0 radical (unpaired) electrons. The Morgan fingerprint density at radius 2 is 1.97 bits per heavy atom. The molecule has 6 rings (SSSR count). The van der Waals surface area contributed by atoms with Crippen LogP contribution in [0.2, 0.25) is 0 Å². The normalized spacial score (nSPS) is 19.5. The molecule has 1 aliphatic carbocycles. The van der Waals surface area contributed by atoms with E-state index in [-0.39, 0.29) is 6.04 Å². The van der Waals surface area contributed by atoms with E-state index in [1.807, 2.05) is 18.3 Å². The van der Waals surface area contributed by atoms with Gasteiger partial charge in [-0.1, -0.05) is 6.42 Å². The Morgan fingerprint density at radius 1 is 1.08 bits per heavy atom. The van der Waals surface area contributed by atoms with Gasteiger partial charge in [0.15, 0.2) is 5.82 Å². The molecule has 4 aromatic rings. The highest BCUT2D eigenvalue weighted by molar-refractivity contribution is 5.93. The highest BCUT2D eigenvalue weighted by atomic mass is 16.3. The minimum Gasteiger partial charge on any atom is -0.390 e. The minimum atomic E-state index is -0.508. The maximum absolute atomic E-state index is 10.6. The molecule has 1 saturated carbocycles. The van der Waals surface area contributed by atoms with Crippen LogP contribution in [0.15, 0.2) is 42.9 Å². The number of hydrogen-bond donors (Lipinski definition) is 4. The van der Waals surface area contributed by atoms with E-state index in [0.29, 0.717) is 41.2 Å². The SMILES string of the molecule is Cc1nc(Nc2cc(-c3nc(N[C@@H]4CCNC[C@H]4O)c4c(C5CCC5)cncc4n3)ccn2)ccc1C#N. The van der Waals surface area contributed by atoms with Crippen LogP contribution in [0.5, 0.6) is 0 Å². The summed E-state index contributed by atoms with van der Waals surface area (Å²) in [7, 11) is 0. The largest absolute Gasteiger partial charge is 0.390 e. The third-order valence-corrected chi connectivity index (χ3v) is 7.43. The van der Waals surface area contributed by atoms with Crippen LogP contribution in [0.25, 0.3) is 22.3 Å². The summed E-state index contributed by atoms with van der Waals surface area (Å²) in [5.41, 5.74) is 3.93. The number of fused-ring (bicyclic) bond motifs is 1. The number of aliphatic hydroxyl groups excluding tert-OH is 1. The van der Waals surface area contributed by atoms with Crippen molar-refractivity contribution < 1.29 is 5.11 Å². The van der Waals surface area contributed by atoms with Crippen LogP contribution >= 0.6 is 0 Å². The number of aliphatic hydroxyl groups is 1. The van der Waals surface area contributed by atoms with Gasteiger partial charge in [0.25, 0.3) is 0 Å². The molecular formula is C28H29N9O. The number of nitrogens with one attached hydrogen (secondary N) is 3. The lowest BCUT2D eigenvalue weighted by Crippen LogP contribution is -2.47. The van der Waals surface area contributed by atoms with E-state index in [9.17, 15) is 10.4 Å². The third-order valence-electron chi connectivity index (χ3n) is 7.43. The van der Waals surface area contributed by atoms with Crippen molar-refractivity contribution in [2.45, 2.75) is 50.7 Å². The summed E-state index contributed by atoms with van der Waals surface area (Å²) in [6.07, 6.45) is 9.22. The molecule has 10 nitrogen and oxygen atoms in total. The van der Waals surface area contributed by atoms with Gasteiger partial charge in [-0.3, -0.25) is 4.98 Å². The van der Waals surface area contributed by atoms with Gasteiger partial charge in [0.1, 0.15) is 23.5 Å². The first-order valence-corrected chi connectivity index (χ1v) is 13.0. The van der Waals surface area contributed by atoms with E-state index < -0.39 is 6.10 Å². The Morgan fingerprint density at radius 3 is 2.74 bits per heavy atom. The van der Waals surface area contributed by atoms with Gasteiger partial charge >= 0.3 is 0 Å². The lowest BCUT2D eigenvalue weighted by atomic mass is 9.79. The van der Waals surface area contributed by atoms with Crippen LogP contribution in [0.4, 0.5) is 17.5 Å². The Balaban J connectivity index is 1.39. The fourth-order valence-electron chi connectivity index (χ4n) is 5.08. The maximum atomic E-state index is 10.6. The predicted molar refractivity (Wildman–Crippen MR) is 145 cm³/mol. The van der Waals surface area contributed by atoms with Gasteiger partial charge in [-0.25, -0.2) is 19.9 Å². The van der Waals surface area contributed by atoms with Gasteiger partial charge in [-0.15, -0.1) is 0 Å². The van der Waals surface area contributed by atoms with Crippen molar-refractivity contribution in [3.8, 4) is 17.5 Å². The zero-order chi connectivity index (χ0) is 26.1. The third kappa shape index (κ3) is 4.74. The van der Waals surface area contributed by atoms with Crippen LogP contribution < -0.4 is 16.0 Å². The van der Waals surface area contributed by atoms with Crippen LogP contribution in [0, 0.1) is 18.3 Å². The molecular weight excluding hydrogens is 478 g/mol. The Labute approximate surface area is 220 Å². The molecule has 1 aliphatic heterocycles. The van der Waals surface area contributed by atoms with Crippen molar-refractivity contribution in [3.05, 3.63) is 59.7 Å². The molecule has 10 heteroatoms. The minimum absolute atomic E-state index is 0.107. The summed E-state index contributed by atoms with van der Waals surface area (Å²) >= 11 is 0. The standard InChI is InChI=1S/C28H29N9O/c1-16-19(12-29)5-6-24(33-16)36-25-11-18(7-10-32-25)27-35-22-14-31-13-20(17-3-2-4-17)26(22)28(37-27)34-21-8-9-30-15-23(21)38/h5-7,10-11,13-14,17,21,23,30,38H,2-4,8-9,15H2,1H3,(H,32,33,36)(H,34,35,37)/t21-,23-/m1/s1. The molecule has 2 fully saturated rings. The fourth-order valence-corrected chi connectivity index (χ4v) is 5.08. The van der Waals surface area contributed by atoms with Gasteiger partial charge in [-0.2, -0.15) is 5.26 Å². The van der Waals surface area contributed by atoms with Crippen molar-refractivity contribution in [2.24, 2.45) is 0 Å². The molecule has 38 heavy (non-hydrogen) atoms. The van der Waals surface area contributed by atoms with Crippen LogP contribution in [-0.4, -0.2) is 55.3 Å². The zero-order valence-electron chi connectivity index (χ0n) is 21.1. The fraction of sp³-hybridized carbons (Fsp3) is 0.357. The van der Waals surface area contributed by atoms with E-state index >= 15 is 0 Å². The van der Waals surface area contributed by atoms with E-state index in [1.165, 1.54) is 12.0 Å². The number of hydrogen-bond acceptors (Lipinski definition) is 10. The molecule has 0 spiro atoms. The summed E-state index contributed by atoms with van der Waals surface area (Å²) in [6, 6.07) is 9.27. The number of nitrogens with zero attached hydrogens (tertiary/aromatic N) is 6. The molecule has 192 valence electrons. The first-order chi connectivity index (χ1) is 18.6. The first-order valence-electron chi connectivity index (χ1n) is 13.0. The van der Waals surface area contributed by atoms with Crippen molar-refractivity contribution in [2.75, 3.05) is 23.7 Å². The van der Waals surface area contributed by atoms with Gasteiger partial charge in [0.2, 0.25) is 0 Å². The number of aromatic nitrogens is 5. The number of aryl methyl sites for hydroxylation is 1. The van der Waals surface area contributed by atoms with E-state index in [1.54, 1.807) is 31.5 Å². The molecule has 0 bridgehead atoms. The summed E-state index contributed by atoms with van der Waals surface area (Å²) in [4.78, 5) is 23.3. The Kier molecular flexibility index (Phi) is 6.54. The number of β-amino-alcohol motifs (C(OH)–C–C–N with tert-alkyl or cyclic N) is 1. The molecule has 2 aliphatic rings. The highest BCUT2D eigenvalue weighted by Gasteiger charge is 2.28. The first kappa shape index (κ1) is 24.2. The maximum Gasteiger partial charge on any atom is 0.162 e. The lowest BCUT2D eigenvalue weighted by molar-refractivity contribution is 0.128. The lowest BCUT2D eigenvalue weighted by Gasteiger charge is -2.31. The second-order valence-electron chi connectivity index (χ2n) is 9.95. The van der Waals surface area contributed by atoms with Crippen LogP contribution in [0.1, 0.15) is 48.4 Å². The molecule has 2 atom stereocenters. The highest BCUT2D eigenvalue weighted by Crippen LogP contribution is 2.41. The van der Waals surface area contributed by atoms with Crippen molar-refractivity contribution in [1.82, 2.24) is 30.2 Å². The topological polar surface area (TPSA) is 145 Å². The van der Waals surface area contributed by atoms with Gasteiger partial charge in [-0.05, 0) is 68.5 Å². The summed E-state index contributed by atoms with van der Waals surface area (Å²) < 4.78 is 0. The number of rotatable bonds is 6. The van der Waals surface area contributed by atoms with Crippen molar-refractivity contribution >= 4 is 28.4 Å². The molecule has 0 unspecified atom stereocenters. The van der Waals surface area contributed by atoms with Gasteiger partial charge < -0.3 is 21.1 Å². The van der Waals surface area contributed by atoms with Crippen LogP contribution in [-0.2, 0) is 0 Å². The Bertz CT molecular complexity index is 1530. The van der Waals surface area contributed by atoms with E-state index in [4.69, 9.17) is 9.97 Å². The molecule has 0 amide bonds. The van der Waals surface area contributed by atoms with Crippen LogP contribution in [0.3, 0.4) is 0 Å². The second-order valence-corrected chi connectivity index (χ2v) is 9.95. The number of nitriles is 1. The smallest absolute Gasteiger partial charge is 0.162 e. The van der Waals surface area contributed by atoms with Crippen molar-refractivity contribution in [1.29, 1.82) is 5.26 Å². The van der Waals surface area contributed by atoms with E-state index in [2.05, 4.69) is 37.0 Å². The van der Waals surface area contributed by atoms with E-state index in [0.717, 1.165) is 48.1 Å². The molecule has 4 aromatic heterocycles. The molecule has 1 saturated heterocycles. The van der Waals surface area contributed by atoms with Gasteiger partial charge in [0.05, 0.1) is 35.1 Å². The average molecular weight is 508 g/mol. The number of anilines is 3. The molecule has 4 N–H and O–H groups in total. The monoisotopic (exact) mass is 507 g/mol. The van der Waals surface area contributed by atoms with Crippen molar-refractivity contribution in [3.63, 3.8) is 0 Å². The number of piperidine rings is 1. The molecule has 5 heterocycles. The zero-order valence-corrected chi connectivity index (χ0v) is 21.1.